The lowest BCUT2D eigenvalue weighted by atomic mass is 9.72. The van der Waals surface area contributed by atoms with Crippen LogP contribution >= 0.6 is 0 Å². The Morgan fingerprint density at radius 3 is 1.95 bits per heavy atom. The number of fused-ring (bicyclic) bond motifs is 7. The average molecular weight is 525 g/mol. The zero-order valence-electron chi connectivity index (χ0n) is 23.6. The number of aryl methyl sites for hydroxylation is 1. The van der Waals surface area contributed by atoms with Gasteiger partial charge in [-0.1, -0.05) is 13.0 Å². The standard InChI is InChI=1S/C29H36N2O7/c1-10-16-19-20(25(35-6)14(3)26(36-7)28(19)38-9)23(32)22-21-18-15(11-13(2)24(34-5)27(18)37-8)12-17(30(21)4)29(33)31(16)22/h11,16-17,21-22H,10,12H2,1-9H3/t16-,17-,21+,22?/m0/s1. The van der Waals surface area contributed by atoms with Crippen LogP contribution in [0.25, 0.3) is 0 Å². The zero-order valence-corrected chi connectivity index (χ0v) is 23.6. The molecule has 0 radical (unpaired) electrons. The molecule has 2 aromatic rings. The number of piperazine rings is 1. The van der Waals surface area contributed by atoms with Crippen molar-refractivity contribution >= 4 is 11.7 Å². The Balaban J connectivity index is 1.85. The minimum Gasteiger partial charge on any atom is -0.496 e. The summed E-state index contributed by atoms with van der Waals surface area (Å²) in [5.41, 5.74) is 4.58. The van der Waals surface area contributed by atoms with Crippen molar-refractivity contribution in [2.24, 2.45) is 0 Å². The van der Waals surface area contributed by atoms with Crippen LogP contribution in [-0.2, 0) is 11.2 Å². The Kier molecular flexibility index (Phi) is 6.46. The third-order valence-corrected chi connectivity index (χ3v) is 8.54. The van der Waals surface area contributed by atoms with Gasteiger partial charge in [0, 0.05) is 16.7 Å². The summed E-state index contributed by atoms with van der Waals surface area (Å²) in [5, 5.41) is 0. The first-order valence-electron chi connectivity index (χ1n) is 12.9. The molecule has 1 amide bonds. The van der Waals surface area contributed by atoms with Crippen LogP contribution in [-0.4, -0.2) is 76.2 Å². The van der Waals surface area contributed by atoms with Gasteiger partial charge in [0.2, 0.25) is 5.91 Å². The average Bonchev–Trinajstić information content (AvgIpc) is 2.90. The number of rotatable bonds is 6. The minimum atomic E-state index is -0.784. The first kappa shape index (κ1) is 26.2. The highest BCUT2D eigenvalue weighted by atomic mass is 16.5. The second-order valence-electron chi connectivity index (χ2n) is 10.2. The van der Waals surface area contributed by atoms with Gasteiger partial charge in [0.1, 0.15) is 11.8 Å². The van der Waals surface area contributed by atoms with Gasteiger partial charge in [-0.15, -0.1) is 0 Å². The molecule has 9 nitrogen and oxygen atoms in total. The van der Waals surface area contributed by atoms with Gasteiger partial charge in [-0.3, -0.25) is 14.5 Å². The maximum absolute atomic E-state index is 14.7. The van der Waals surface area contributed by atoms with Crippen LogP contribution in [0, 0.1) is 13.8 Å². The number of Topliss-reactive ketones (excluding diaryl/α,β-unsaturated/α-hetero) is 1. The van der Waals surface area contributed by atoms with Crippen LogP contribution < -0.4 is 23.7 Å². The number of methoxy groups -OCH3 is 5. The van der Waals surface area contributed by atoms with Crippen LogP contribution in [0.15, 0.2) is 6.07 Å². The summed E-state index contributed by atoms with van der Waals surface area (Å²) in [5.74, 6) is 2.39. The summed E-state index contributed by atoms with van der Waals surface area (Å²) < 4.78 is 29.1. The molecule has 0 saturated carbocycles. The van der Waals surface area contributed by atoms with E-state index in [-0.39, 0.29) is 11.7 Å². The van der Waals surface area contributed by atoms with E-state index in [1.807, 2.05) is 32.7 Å². The summed E-state index contributed by atoms with van der Waals surface area (Å²) in [6.45, 7) is 5.83. The smallest absolute Gasteiger partial charge is 0.241 e. The number of hydrogen-bond donors (Lipinski definition) is 0. The molecular weight excluding hydrogens is 488 g/mol. The van der Waals surface area contributed by atoms with E-state index in [2.05, 4.69) is 6.07 Å². The van der Waals surface area contributed by atoms with Crippen molar-refractivity contribution in [2.75, 3.05) is 42.6 Å². The van der Waals surface area contributed by atoms with E-state index >= 15 is 0 Å². The Labute approximate surface area is 223 Å². The topological polar surface area (TPSA) is 86.8 Å². The van der Waals surface area contributed by atoms with Crippen molar-refractivity contribution in [3.8, 4) is 28.7 Å². The van der Waals surface area contributed by atoms with Crippen LogP contribution in [0.3, 0.4) is 0 Å². The van der Waals surface area contributed by atoms with E-state index in [1.54, 1.807) is 40.4 Å². The molecule has 38 heavy (non-hydrogen) atoms. The predicted octanol–water partition coefficient (Wildman–Crippen LogP) is 3.80. The van der Waals surface area contributed by atoms with Crippen LogP contribution in [0.2, 0.25) is 0 Å². The Morgan fingerprint density at radius 1 is 0.816 bits per heavy atom. The number of nitrogens with zero attached hydrogens (tertiary/aromatic N) is 2. The molecule has 2 bridgehead atoms. The minimum absolute atomic E-state index is 0.0711. The molecule has 4 atom stereocenters. The third-order valence-electron chi connectivity index (χ3n) is 8.54. The number of carbonyl (C=O) groups is 2. The molecule has 0 aliphatic carbocycles. The SMILES string of the molecule is CC[C@H]1c2c(OC)c(OC)c(C)c(OC)c2C(=O)C2[C@H]3c4c(cc(C)c(OC)c4OC)C[C@@H](C(=O)N21)N3C. The van der Waals surface area contributed by atoms with Gasteiger partial charge in [-0.25, -0.2) is 0 Å². The summed E-state index contributed by atoms with van der Waals surface area (Å²) in [7, 11) is 9.83. The first-order valence-corrected chi connectivity index (χ1v) is 12.9. The normalized spacial score (nSPS) is 23.9. The maximum Gasteiger partial charge on any atom is 0.241 e. The van der Waals surface area contributed by atoms with E-state index in [0.717, 1.165) is 16.7 Å². The summed E-state index contributed by atoms with van der Waals surface area (Å²) in [6.07, 6.45) is 1.10. The molecule has 3 aliphatic rings. The van der Waals surface area contributed by atoms with Gasteiger partial charge < -0.3 is 28.6 Å². The summed E-state index contributed by atoms with van der Waals surface area (Å²) in [4.78, 5) is 32.7. The second-order valence-corrected chi connectivity index (χ2v) is 10.2. The van der Waals surface area contributed by atoms with E-state index < -0.39 is 24.2 Å². The molecule has 1 saturated heterocycles. The largest absolute Gasteiger partial charge is 0.496 e. The van der Waals surface area contributed by atoms with E-state index in [0.29, 0.717) is 58.3 Å². The van der Waals surface area contributed by atoms with Crippen molar-refractivity contribution < 1.29 is 33.3 Å². The molecule has 0 N–H and O–H groups in total. The number of likely N-dealkylation sites (N-methyl/N-ethyl adjacent to an activating group) is 1. The van der Waals surface area contributed by atoms with Gasteiger partial charge in [-0.2, -0.15) is 0 Å². The Bertz CT molecular complexity index is 1340. The first-order chi connectivity index (χ1) is 18.2. The molecule has 9 heteroatoms. The quantitative estimate of drug-likeness (QED) is 0.564. The molecule has 0 spiro atoms. The van der Waals surface area contributed by atoms with E-state index in [9.17, 15) is 9.59 Å². The Morgan fingerprint density at radius 2 is 1.39 bits per heavy atom. The lowest BCUT2D eigenvalue weighted by Gasteiger charge is -2.56. The fourth-order valence-electron chi connectivity index (χ4n) is 7.04. The van der Waals surface area contributed by atoms with Crippen LogP contribution in [0.4, 0.5) is 0 Å². The number of hydrogen-bond acceptors (Lipinski definition) is 8. The molecule has 3 aliphatic heterocycles. The van der Waals surface area contributed by atoms with Crippen LogP contribution in [0.5, 0.6) is 28.7 Å². The molecule has 2 aromatic carbocycles. The highest BCUT2D eigenvalue weighted by Gasteiger charge is 2.58. The zero-order chi connectivity index (χ0) is 27.6. The van der Waals surface area contributed by atoms with Crippen molar-refractivity contribution in [2.45, 2.75) is 57.8 Å². The number of benzene rings is 2. The van der Waals surface area contributed by atoms with Crippen molar-refractivity contribution in [1.29, 1.82) is 0 Å². The monoisotopic (exact) mass is 524 g/mol. The summed E-state index contributed by atoms with van der Waals surface area (Å²) in [6, 6.07) is 0.0257. The molecular formula is C29H36N2O7. The van der Waals surface area contributed by atoms with Gasteiger partial charge in [0.05, 0.1) is 59.2 Å². The molecule has 0 aromatic heterocycles. The lowest BCUT2D eigenvalue weighted by molar-refractivity contribution is -0.153. The Hall–Kier alpha value is -3.46. The third kappa shape index (κ3) is 3.20. The van der Waals surface area contributed by atoms with Gasteiger partial charge in [0.25, 0.3) is 0 Å². The lowest BCUT2D eigenvalue weighted by Crippen LogP contribution is -2.68. The van der Waals surface area contributed by atoms with Crippen molar-refractivity contribution in [3.05, 3.63) is 39.4 Å². The molecule has 204 valence electrons. The molecule has 1 fully saturated rings. The summed E-state index contributed by atoms with van der Waals surface area (Å²) >= 11 is 0. The van der Waals surface area contributed by atoms with E-state index in [1.165, 1.54) is 0 Å². The molecule has 5 rings (SSSR count). The molecule has 1 unspecified atom stereocenters. The van der Waals surface area contributed by atoms with Gasteiger partial charge in [0.15, 0.2) is 28.8 Å². The number of ether oxygens (including phenoxy) is 5. The molecule has 3 heterocycles. The fraction of sp³-hybridized carbons (Fsp3) is 0.517. The highest BCUT2D eigenvalue weighted by molar-refractivity contribution is 6.10. The van der Waals surface area contributed by atoms with E-state index in [4.69, 9.17) is 23.7 Å². The second kappa shape index (κ2) is 9.38. The number of amides is 1. The maximum atomic E-state index is 14.7. The van der Waals surface area contributed by atoms with Crippen molar-refractivity contribution in [1.82, 2.24) is 9.80 Å². The highest BCUT2D eigenvalue weighted by Crippen LogP contribution is 2.57. The van der Waals surface area contributed by atoms with Crippen LogP contribution in [0.1, 0.15) is 63.6 Å². The van der Waals surface area contributed by atoms with Crippen molar-refractivity contribution in [3.63, 3.8) is 0 Å². The number of carbonyl (C=O) groups excluding carboxylic acids is 2. The van der Waals surface area contributed by atoms with Gasteiger partial charge >= 0.3 is 0 Å². The fourth-order valence-corrected chi connectivity index (χ4v) is 7.04. The predicted molar refractivity (Wildman–Crippen MR) is 141 cm³/mol. The van der Waals surface area contributed by atoms with Gasteiger partial charge in [-0.05, 0) is 44.9 Å². The number of ketones is 1.